The normalized spacial score (nSPS) is 21.4. The van der Waals surface area contributed by atoms with Gasteiger partial charge in [0.2, 0.25) is 5.88 Å². The van der Waals surface area contributed by atoms with E-state index in [0.29, 0.717) is 48.4 Å². The number of hydrogen-bond donors (Lipinski definition) is 2. The molecule has 3 aliphatic rings. The SMILES string of the molecule is CCC(C)(CCO)NC(=O)c1ccc2nc(CN3CC4CN(c5cccc(OCc6ccc(C#N)cc6F)n5)CC4C3)n(CC3CCO3)c2c1. The second kappa shape index (κ2) is 14.3. The Morgan fingerprint density at radius 1 is 1.14 bits per heavy atom. The van der Waals surface area contributed by atoms with E-state index in [-0.39, 0.29) is 30.8 Å². The highest BCUT2D eigenvalue weighted by atomic mass is 19.1. The Morgan fingerprint density at radius 3 is 2.62 bits per heavy atom. The summed E-state index contributed by atoms with van der Waals surface area (Å²) >= 11 is 0. The quantitative estimate of drug-likeness (QED) is 0.207. The molecule has 2 aromatic heterocycles. The number of likely N-dealkylation sites (tertiary alicyclic amines) is 1. The van der Waals surface area contributed by atoms with Crippen molar-refractivity contribution in [2.24, 2.45) is 11.8 Å². The van der Waals surface area contributed by atoms with Crippen LogP contribution >= 0.6 is 0 Å². The van der Waals surface area contributed by atoms with E-state index in [2.05, 4.69) is 19.7 Å². The highest BCUT2D eigenvalue weighted by Crippen LogP contribution is 2.35. The van der Waals surface area contributed by atoms with Gasteiger partial charge in [0.05, 0.1) is 41.9 Å². The molecule has 50 heavy (non-hydrogen) atoms. The Kier molecular flexibility index (Phi) is 9.73. The standard InChI is InChI=1S/C38H44FN7O4/c1-3-38(2,12-13-47)43-37(48)26-9-10-32-33(16-26)46(22-30-11-14-49-30)35(41-32)23-44-18-28-20-45(21-29(28)19-44)34-5-4-6-36(42-34)50-24-27-8-7-25(17-40)15-31(27)39/h4-10,15-16,28-30,47H,3,11-14,18-24H2,1-2H3,(H,43,48). The number of imidazole rings is 1. The van der Waals surface area contributed by atoms with Gasteiger partial charge in [-0.25, -0.2) is 9.37 Å². The third kappa shape index (κ3) is 7.17. The van der Waals surface area contributed by atoms with E-state index in [9.17, 15) is 14.3 Å². The van der Waals surface area contributed by atoms with Gasteiger partial charge in [-0.05, 0) is 74.4 Å². The van der Waals surface area contributed by atoms with Crippen LogP contribution in [0.5, 0.6) is 5.88 Å². The predicted octanol–water partition coefficient (Wildman–Crippen LogP) is 4.66. The first-order chi connectivity index (χ1) is 24.2. The molecule has 3 saturated heterocycles. The summed E-state index contributed by atoms with van der Waals surface area (Å²) in [5.74, 6) is 2.63. The maximum atomic E-state index is 14.3. The summed E-state index contributed by atoms with van der Waals surface area (Å²) in [6, 6.07) is 17.7. The molecule has 4 atom stereocenters. The number of aliphatic hydroxyl groups excluding tert-OH is 1. The van der Waals surface area contributed by atoms with Crippen LogP contribution in [0.3, 0.4) is 0 Å². The molecular weight excluding hydrogens is 637 g/mol. The number of rotatable bonds is 13. The molecule has 1 amide bonds. The summed E-state index contributed by atoms with van der Waals surface area (Å²) in [6.45, 7) is 9.89. The molecule has 12 heteroatoms. The summed E-state index contributed by atoms with van der Waals surface area (Å²) in [5, 5.41) is 21.6. The van der Waals surface area contributed by atoms with Crippen LogP contribution in [-0.4, -0.2) is 81.5 Å². The molecule has 0 radical (unpaired) electrons. The molecule has 262 valence electrons. The minimum absolute atomic E-state index is 0.0156. The lowest BCUT2D eigenvalue weighted by atomic mass is 9.94. The molecule has 7 rings (SSSR count). The largest absolute Gasteiger partial charge is 0.473 e. The molecule has 0 saturated carbocycles. The van der Waals surface area contributed by atoms with Crippen LogP contribution in [0.25, 0.3) is 11.0 Å². The van der Waals surface area contributed by atoms with Crippen LogP contribution in [-0.2, 0) is 24.4 Å². The maximum absolute atomic E-state index is 14.3. The van der Waals surface area contributed by atoms with Gasteiger partial charge in [-0.3, -0.25) is 9.69 Å². The molecule has 11 nitrogen and oxygen atoms in total. The van der Waals surface area contributed by atoms with Crippen LogP contribution in [0, 0.1) is 29.0 Å². The Morgan fingerprint density at radius 2 is 1.94 bits per heavy atom. The van der Waals surface area contributed by atoms with Crippen LogP contribution < -0.4 is 15.0 Å². The van der Waals surface area contributed by atoms with E-state index in [1.54, 1.807) is 18.2 Å². The molecule has 3 aliphatic heterocycles. The molecular formula is C38H44FN7O4. The van der Waals surface area contributed by atoms with Crippen LogP contribution in [0.15, 0.2) is 54.6 Å². The number of nitrogens with zero attached hydrogens (tertiary/aromatic N) is 6. The number of ether oxygens (including phenoxy) is 2. The van der Waals surface area contributed by atoms with Crippen LogP contribution in [0.1, 0.15) is 60.4 Å². The smallest absolute Gasteiger partial charge is 0.251 e. The third-order valence-electron chi connectivity index (χ3n) is 10.6. The number of carbonyl (C=O) groups is 1. The first-order valence-electron chi connectivity index (χ1n) is 17.5. The number of aliphatic hydroxyl groups is 1. The Balaban J connectivity index is 1.00. The molecule has 2 aromatic carbocycles. The van der Waals surface area contributed by atoms with Crippen molar-refractivity contribution < 1.29 is 23.8 Å². The van der Waals surface area contributed by atoms with Crippen molar-refractivity contribution in [3.63, 3.8) is 0 Å². The minimum atomic E-state index is -0.476. The number of nitrogens with one attached hydrogen (secondary N) is 1. The molecule has 5 heterocycles. The second-order valence-corrected chi connectivity index (χ2v) is 14.1. The van der Waals surface area contributed by atoms with Crippen molar-refractivity contribution in [1.82, 2.24) is 24.8 Å². The lowest BCUT2D eigenvalue weighted by molar-refractivity contribution is -0.0591. The van der Waals surface area contributed by atoms with E-state index >= 15 is 0 Å². The molecule has 0 spiro atoms. The van der Waals surface area contributed by atoms with Gasteiger partial charge < -0.3 is 29.4 Å². The van der Waals surface area contributed by atoms with Gasteiger partial charge in [0.1, 0.15) is 24.1 Å². The van der Waals surface area contributed by atoms with Gasteiger partial charge >= 0.3 is 0 Å². The Hall–Kier alpha value is -4.57. The monoisotopic (exact) mass is 681 g/mol. The van der Waals surface area contributed by atoms with Crippen molar-refractivity contribution in [2.45, 2.75) is 64.4 Å². The summed E-state index contributed by atoms with van der Waals surface area (Å²) in [7, 11) is 0. The highest BCUT2D eigenvalue weighted by Gasteiger charge is 2.41. The van der Waals surface area contributed by atoms with Crippen LogP contribution in [0.4, 0.5) is 10.2 Å². The van der Waals surface area contributed by atoms with Crippen molar-refractivity contribution in [1.29, 1.82) is 5.26 Å². The first kappa shape index (κ1) is 33.9. The number of carbonyl (C=O) groups excluding carboxylic acids is 1. The Bertz CT molecular complexity index is 1890. The molecule has 0 bridgehead atoms. The zero-order valence-corrected chi connectivity index (χ0v) is 28.6. The number of amides is 1. The van der Waals surface area contributed by atoms with Gasteiger partial charge in [-0.15, -0.1) is 0 Å². The first-order valence-corrected chi connectivity index (χ1v) is 17.5. The van der Waals surface area contributed by atoms with Crippen molar-refractivity contribution in [2.75, 3.05) is 44.3 Å². The average Bonchev–Trinajstić information content (AvgIpc) is 3.77. The summed E-state index contributed by atoms with van der Waals surface area (Å²) in [4.78, 5) is 27.9. The fourth-order valence-electron chi connectivity index (χ4n) is 7.34. The van der Waals surface area contributed by atoms with E-state index in [1.807, 2.05) is 50.2 Å². The number of halogens is 1. The second-order valence-electron chi connectivity index (χ2n) is 14.1. The number of fused-ring (bicyclic) bond motifs is 2. The summed E-state index contributed by atoms with van der Waals surface area (Å²) < 4.78 is 28.2. The van der Waals surface area contributed by atoms with Crippen molar-refractivity contribution in [3.8, 4) is 11.9 Å². The van der Waals surface area contributed by atoms with E-state index < -0.39 is 11.4 Å². The number of hydrogen-bond acceptors (Lipinski definition) is 9. The number of aromatic nitrogens is 3. The number of benzene rings is 2. The molecule has 2 N–H and O–H groups in total. The third-order valence-corrected chi connectivity index (χ3v) is 10.6. The summed E-state index contributed by atoms with van der Waals surface area (Å²) in [6.07, 6.45) is 2.36. The lowest BCUT2D eigenvalue weighted by Crippen LogP contribution is -2.46. The fraction of sp³-hybridized carbons (Fsp3) is 0.474. The topological polar surface area (TPSA) is 129 Å². The zero-order valence-electron chi connectivity index (χ0n) is 28.6. The van der Waals surface area contributed by atoms with Gasteiger partial charge in [-0.2, -0.15) is 10.2 Å². The molecule has 0 aliphatic carbocycles. The maximum Gasteiger partial charge on any atom is 0.251 e. The predicted molar refractivity (Wildman–Crippen MR) is 186 cm³/mol. The van der Waals surface area contributed by atoms with Crippen molar-refractivity contribution in [3.05, 3.63) is 82.9 Å². The zero-order chi connectivity index (χ0) is 34.8. The van der Waals surface area contributed by atoms with E-state index in [4.69, 9.17) is 24.7 Å². The van der Waals surface area contributed by atoms with Crippen molar-refractivity contribution >= 4 is 22.8 Å². The summed E-state index contributed by atoms with van der Waals surface area (Å²) in [5.41, 5.74) is 2.56. The fourth-order valence-corrected chi connectivity index (χ4v) is 7.34. The molecule has 3 fully saturated rings. The van der Waals surface area contributed by atoms with E-state index in [1.165, 1.54) is 6.07 Å². The van der Waals surface area contributed by atoms with E-state index in [0.717, 1.165) is 68.3 Å². The number of anilines is 1. The van der Waals surface area contributed by atoms with Gasteiger partial charge in [0.15, 0.2) is 0 Å². The highest BCUT2D eigenvalue weighted by molar-refractivity contribution is 5.97. The minimum Gasteiger partial charge on any atom is -0.473 e. The molecule has 4 aromatic rings. The van der Waals surface area contributed by atoms with Gasteiger partial charge in [0.25, 0.3) is 5.91 Å². The number of pyridine rings is 1. The number of nitriles is 1. The molecule has 4 unspecified atom stereocenters. The van der Waals surface area contributed by atoms with Gasteiger partial charge in [-0.1, -0.05) is 19.1 Å². The Labute approximate surface area is 291 Å². The lowest BCUT2D eigenvalue weighted by Gasteiger charge is -2.29. The average molecular weight is 682 g/mol. The van der Waals surface area contributed by atoms with Gasteiger partial charge in [0, 0.05) is 62.1 Å². The van der Waals surface area contributed by atoms with Crippen LogP contribution in [0.2, 0.25) is 0 Å².